The van der Waals surface area contributed by atoms with Gasteiger partial charge in [-0.1, -0.05) is 55.8 Å². The number of allylic oxidation sites excluding steroid dienone is 5. The van der Waals surface area contributed by atoms with Crippen molar-refractivity contribution in [1.82, 2.24) is 0 Å². The number of benzene rings is 2. The van der Waals surface area contributed by atoms with Gasteiger partial charge in [-0.3, -0.25) is 0 Å². The molecule has 24 heavy (non-hydrogen) atoms. The Kier molecular flexibility index (Phi) is 4.85. The average molecular weight is 318 g/mol. The first-order valence-electron chi connectivity index (χ1n) is 8.37. The van der Waals surface area contributed by atoms with Gasteiger partial charge in [-0.05, 0) is 65.0 Å². The second-order valence-corrected chi connectivity index (χ2v) is 6.02. The van der Waals surface area contributed by atoms with E-state index < -0.39 is 0 Å². The van der Waals surface area contributed by atoms with Gasteiger partial charge < -0.3 is 10.2 Å². The molecule has 122 valence electrons. The molecular weight excluding hydrogens is 296 g/mol. The first-order valence-corrected chi connectivity index (χ1v) is 8.37. The Hall–Kier alpha value is -2.74. The van der Waals surface area contributed by atoms with E-state index in [-0.39, 0.29) is 11.5 Å². The van der Waals surface area contributed by atoms with Crippen molar-refractivity contribution in [2.45, 2.75) is 26.2 Å². The number of phenolic OH excluding ortho intramolecular Hbond substituents is 2. The summed E-state index contributed by atoms with van der Waals surface area (Å²) < 4.78 is 0. The third-order valence-electron chi connectivity index (χ3n) is 4.27. The second kappa shape index (κ2) is 7.22. The molecule has 2 N–H and O–H groups in total. The standard InChI is InChI=1S/C22H22O2/c1-2-5-21(16-6-3-4-7-16)22(17-8-12-19(23)13-9-17)18-10-14-20(24)15-11-18/h3-4,6,8-15,23-24H,2,5,7H2,1H3. The van der Waals surface area contributed by atoms with Crippen LogP contribution in [0.3, 0.4) is 0 Å². The molecule has 2 aromatic rings. The Morgan fingerprint density at radius 2 is 1.42 bits per heavy atom. The van der Waals surface area contributed by atoms with E-state index in [2.05, 4.69) is 25.2 Å². The van der Waals surface area contributed by atoms with Crippen molar-refractivity contribution in [2.75, 3.05) is 0 Å². The predicted molar refractivity (Wildman–Crippen MR) is 99.0 cm³/mol. The van der Waals surface area contributed by atoms with Gasteiger partial charge in [0.1, 0.15) is 11.5 Å². The lowest BCUT2D eigenvalue weighted by atomic mass is 9.87. The summed E-state index contributed by atoms with van der Waals surface area (Å²) in [7, 11) is 0. The van der Waals surface area contributed by atoms with Crippen molar-refractivity contribution < 1.29 is 10.2 Å². The normalized spacial score (nSPS) is 13.0. The van der Waals surface area contributed by atoms with Gasteiger partial charge in [0.15, 0.2) is 0 Å². The molecule has 2 heteroatoms. The van der Waals surface area contributed by atoms with Gasteiger partial charge in [0.25, 0.3) is 0 Å². The van der Waals surface area contributed by atoms with Crippen LogP contribution in [0.1, 0.15) is 37.3 Å². The fourth-order valence-electron chi connectivity index (χ4n) is 3.14. The molecule has 0 aliphatic heterocycles. The topological polar surface area (TPSA) is 40.5 Å². The molecule has 0 saturated carbocycles. The molecular formula is C22H22O2. The maximum atomic E-state index is 9.63. The van der Waals surface area contributed by atoms with E-state index in [1.165, 1.54) is 16.7 Å². The molecule has 2 nitrogen and oxygen atoms in total. The van der Waals surface area contributed by atoms with Gasteiger partial charge >= 0.3 is 0 Å². The van der Waals surface area contributed by atoms with Crippen molar-refractivity contribution in [2.24, 2.45) is 0 Å². The van der Waals surface area contributed by atoms with Crippen LogP contribution >= 0.6 is 0 Å². The summed E-state index contributed by atoms with van der Waals surface area (Å²) in [5.74, 6) is 0.533. The molecule has 0 amide bonds. The third kappa shape index (κ3) is 3.43. The number of phenols is 2. The molecule has 3 rings (SSSR count). The molecule has 0 spiro atoms. The van der Waals surface area contributed by atoms with Crippen molar-refractivity contribution in [3.05, 3.63) is 89.0 Å². The fraction of sp³-hybridized carbons (Fsp3) is 0.182. The van der Waals surface area contributed by atoms with Crippen LogP contribution in [0.15, 0.2) is 77.9 Å². The zero-order valence-corrected chi connectivity index (χ0v) is 13.9. The highest BCUT2D eigenvalue weighted by molar-refractivity contribution is 5.85. The summed E-state index contributed by atoms with van der Waals surface area (Å²) in [4.78, 5) is 0. The number of hydrogen-bond acceptors (Lipinski definition) is 2. The van der Waals surface area contributed by atoms with Gasteiger partial charge in [-0.2, -0.15) is 0 Å². The van der Waals surface area contributed by atoms with Crippen molar-refractivity contribution >= 4 is 5.57 Å². The molecule has 0 radical (unpaired) electrons. The SMILES string of the molecule is CCCC(C1=CC=CC1)=C(c1ccc(O)cc1)c1ccc(O)cc1. The first kappa shape index (κ1) is 16.1. The molecule has 0 bridgehead atoms. The summed E-state index contributed by atoms with van der Waals surface area (Å²) in [5, 5.41) is 19.3. The van der Waals surface area contributed by atoms with Crippen molar-refractivity contribution in [3.63, 3.8) is 0 Å². The minimum Gasteiger partial charge on any atom is -0.508 e. The fourth-order valence-corrected chi connectivity index (χ4v) is 3.14. The Balaban J connectivity index is 2.20. The Morgan fingerprint density at radius 1 is 0.875 bits per heavy atom. The monoisotopic (exact) mass is 318 g/mol. The molecule has 0 aromatic heterocycles. The smallest absolute Gasteiger partial charge is 0.115 e. The van der Waals surface area contributed by atoms with E-state index in [9.17, 15) is 10.2 Å². The maximum Gasteiger partial charge on any atom is 0.115 e. The van der Waals surface area contributed by atoms with E-state index in [4.69, 9.17) is 0 Å². The average Bonchev–Trinajstić information content (AvgIpc) is 3.12. The molecule has 0 unspecified atom stereocenters. The van der Waals surface area contributed by atoms with Gasteiger partial charge in [0, 0.05) is 0 Å². The van der Waals surface area contributed by atoms with E-state index in [1.807, 2.05) is 24.3 Å². The molecule has 1 aliphatic carbocycles. The highest BCUT2D eigenvalue weighted by atomic mass is 16.3. The highest BCUT2D eigenvalue weighted by Crippen LogP contribution is 2.36. The summed E-state index contributed by atoms with van der Waals surface area (Å²) in [6, 6.07) is 14.7. The maximum absolute atomic E-state index is 9.63. The van der Waals surface area contributed by atoms with Crippen molar-refractivity contribution in [3.8, 4) is 11.5 Å². The predicted octanol–water partition coefficient (Wildman–Crippen LogP) is 5.59. The minimum atomic E-state index is 0.266. The van der Waals surface area contributed by atoms with Gasteiger partial charge in [0.2, 0.25) is 0 Å². The van der Waals surface area contributed by atoms with Crippen molar-refractivity contribution in [1.29, 1.82) is 0 Å². The summed E-state index contributed by atoms with van der Waals surface area (Å²) in [5.41, 5.74) is 6.00. The van der Waals surface area contributed by atoms with Crippen LogP contribution in [-0.2, 0) is 0 Å². The van der Waals surface area contributed by atoms with Gasteiger partial charge in [-0.15, -0.1) is 0 Å². The number of hydrogen-bond donors (Lipinski definition) is 2. The van der Waals surface area contributed by atoms with Gasteiger partial charge in [0.05, 0.1) is 0 Å². The van der Waals surface area contributed by atoms with Crippen LogP contribution in [0.25, 0.3) is 5.57 Å². The summed E-state index contributed by atoms with van der Waals surface area (Å²) >= 11 is 0. The summed E-state index contributed by atoms with van der Waals surface area (Å²) in [6.45, 7) is 2.19. The zero-order chi connectivity index (χ0) is 16.9. The van der Waals surface area contributed by atoms with Crippen LogP contribution in [0.4, 0.5) is 0 Å². The first-order chi connectivity index (χ1) is 11.7. The Labute approximate surface area is 143 Å². The van der Waals surface area contributed by atoms with E-state index in [1.54, 1.807) is 24.3 Å². The zero-order valence-electron chi connectivity index (χ0n) is 13.9. The van der Waals surface area contributed by atoms with Gasteiger partial charge in [-0.25, -0.2) is 0 Å². The van der Waals surface area contributed by atoms with E-state index >= 15 is 0 Å². The van der Waals surface area contributed by atoms with Crippen LogP contribution in [0, 0.1) is 0 Å². The van der Waals surface area contributed by atoms with Crippen LogP contribution < -0.4 is 0 Å². The molecule has 0 atom stereocenters. The minimum absolute atomic E-state index is 0.266. The van der Waals surface area contributed by atoms with Crippen LogP contribution in [0.5, 0.6) is 11.5 Å². The van der Waals surface area contributed by atoms with E-state index in [0.717, 1.165) is 30.4 Å². The summed E-state index contributed by atoms with van der Waals surface area (Å²) in [6.07, 6.45) is 9.48. The highest BCUT2D eigenvalue weighted by Gasteiger charge is 2.16. The quantitative estimate of drug-likeness (QED) is 0.755. The largest absolute Gasteiger partial charge is 0.508 e. The Morgan fingerprint density at radius 3 is 1.83 bits per heavy atom. The third-order valence-corrected chi connectivity index (χ3v) is 4.27. The van der Waals surface area contributed by atoms with Crippen LogP contribution in [0.2, 0.25) is 0 Å². The second-order valence-electron chi connectivity index (χ2n) is 6.02. The van der Waals surface area contributed by atoms with Crippen LogP contribution in [-0.4, -0.2) is 10.2 Å². The Bertz CT molecular complexity index is 743. The molecule has 1 aliphatic rings. The number of aromatic hydroxyl groups is 2. The molecule has 0 fully saturated rings. The van der Waals surface area contributed by atoms with E-state index in [0.29, 0.717) is 0 Å². The molecule has 0 heterocycles. The lowest BCUT2D eigenvalue weighted by Gasteiger charge is -2.18. The number of rotatable bonds is 5. The molecule has 2 aromatic carbocycles. The molecule has 0 saturated heterocycles. The lowest BCUT2D eigenvalue weighted by molar-refractivity contribution is 0.475. The lowest BCUT2D eigenvalue weighted by Crippen LogP contribution is -1.98.